The SMILES string of the molecule is CCc1ccc(C2CC(c3ccccc3)CC2C(=O)CCc2cccc3ccccc23)cc1. The minimum atomic E-state index is 0.0951. The molecule has 166 valence electrons. The Kier molecular flexibility index (Phi) is 6.39. The molecule has 0 aliphatic heterocycles. The molecule has 1 fully saturated rings. The Labute approximate surface area is 197 Å². The van der Waals surface area contributed by atoms with E-state index in [0.717, 1.165) is 25.7 Å². The maximum Gasteiger partial charge on any atom is 0.136 e. The van der Waals surface area contributed by atoms with Crippen LogP contribution in [0.2, 0.25) is 0 Å². The van der Waals surface area contributed by atoms with Crippen LogP contribution >= 0.6 is 0 Å². The summed E-state index contributed by atoms with van der Waals surface area (Å²) in [5.41, 5.74) is 5.34. The Morgan fingerprint density at radius 2 is 1.48 bits per heavy atom. The second-order valence-corrected chi connectivity index (χ2v) is 9.49. The summed E-state index contributed by atoms with van der Waals surface area (Å²) in [7, 11) is 0. The number of carbonyl (C=O) groups excluding carboxylic acids is 1. The van der Waals surface area contributed by atoms with Crippen LogP contribution in [0.1, 0.15) is 60.3 Å². The fraction of sp³-hybridized carbons (Fsp3) is 0.281. The molecule has 5 rings (SSSR count). The zero-order valence-corrected chi connectivity index (χ0v) is 19.4. The zero-order valence-electron chi connectivity index (χ0n) is 19.4. The summed E-state index contributed by atoms with van der Waals surface area (Å²) in [4.78, 5) is 13.6. The zero-order chi connectivity index (χ0) is 22.6. The third-order valence-corrected chi connectivity index (χ3v) is 7.58. The van der Waals surface area contributed by atoms with Gasteiger partial charge in [0.2, 0.25) is 0 Å². The Morgan fingerprint density at radius 1 is 0.758 bits per heavy atom. The number of ketones is 1. The molecular weight excluding hydrogens is 400 g/mol. The van der Waals surface area contributed by atoms with E-state index in [1.807, 2.05) is 0 Å². The predicted molar refractivity (Wildman–Crippen MR) is 138 cm³/mol. The number of benzene rings is 4. The first kappa shape index (κ1) is 21.6. The van der Waals surface area contributed by atoms with Crippen LogP contribution < -0.4 is 0 Å². The van der Waals surface area contributed by atoms with Gasteiger partial charge in [-0.15, -0.1) is 0 Å². The standard InChI is InChI=1S/C32H32O/c1-2-23-15-17-27(18-16-23)30-21-28(24-9-4-3-5-10-24)22-31(30)32(33)20-19-26-13-8-12-25-11-6-7-14-29(25)26/h3-18,28,30-31H,2,19-22H2,1H3. The first-order valence-electron chi connectivity index (χ1n) is 12.4. The number of Topliss-reactive ketones (excluding diaryl/α,β-unsaturated/α-hetero) is 1. The molecule has 0 radical (unpaired) electrons. The topological polar surface area (TPSA) is 17.1 Å². The molecule has 1 heteroatoms. The van der Waals surface area contributed by atoms with Gasteiger partial charge in [-0.3, -0.25) is 4.79 Å². The summed E-state index contributed by atoms with van der Waals surface area (Å²) in [6.07, 6.45) is 4.49. The third kappa shape index (κ3) is 4.64. The summed E-state index contributed by atoms with van der Waals surface area (Å²) >= 11 is 0. The molecule has 0 heterocycles. The molecule has 4 aromatic rings. The fourth-order valence-electron chi connectivity index (χ4n) is 5.71. The van der Waals surface area contributed by atoms with Gasteiger partial charge < -0.3 is 0 Å². The van der Waals surface area contributed by atoms with Crippen LogP contribution in [0.5, 0.6) is 0 Å². The molecule has 0 N–H and O–H groups in total. The van der Waals surface area contributed by atoms with Crippen molar-refractivity contribution < 1.29 is 4.79 Å². The van der Waals surface area contributed by atoms with E-state index in [0.29, 0.717) is 24.0 Å². The smallest absolute Gasteiger partial charge is 0.136 e. The lowest BCUT2D eigenvalue weighted by atomic mass is 9.84. The maximum absolute atomic E-state index is 13.6. The highest BCUT2D eigenvalue weighted by molar-refractivity contribution is 5.87. The van der Waals surface area contributed by atoms with Gasteiger partial charge in [0, 0.05) is 12.3 Å². The fourth-order valence-corrected chi connectivity index (χ4v) is 5.71. The van der Waals surface area contributed by atoms with Crippen LogP contribution in [0.3, 0.4) is 0 Å². The molecule has 1 nitrogen and oxygen atoms in total. The van der Waals surface area contributed by atoms with Crippen molar-refractivity contribution in [3.63, 3.8) is 0 Å². The Hall–Kier alpha value is -3.19. The average Bonchev–Trinajstić information content (AvgIpc) is 3.33. The van der Waals surface area contributed by atoms with Crippen LogP contribution in [0.25, 0.3) is 10.8 Å². The van der Waals surface area contributed by atoms with Crippen LogP contribution in [0, 0.1) is 5.92 Å². The number of hydrogen-bond acceptors (Lipinski definition) is 1. The molecule has 0 aromatic heterocycles. The van der Waals surface area contributed by atoms with Crippen molar-refractivity contribution in [2.75, 3.05) is 0 Å². The van der Waals surface area contributed by atoms with Crippen molar-refractivity contribution in [2.24, 2.45) is 5.92 Å². The molecule has 0 bridgehead atoms. The molecule has 4 aromatic carbocycles. The van der Waals surface area contributed by atoms with Crippen LogP contribution in [0.15, 0.2) is 97.1 Å². The van der Waals surface area contributed by atoms with Crippen molar-refractivity contribution in [3.8, 4) is 0 Å². The van der Waals surface area contributed by atoms with Crippen molar-refractivity contribution in [1.29, 1.82) is 0 Å². The van der Waals surface area contributed by atoms with Gasteiger partial charge in [-0.1, -0.05) is 104 Å². The van der Waals surface area contributed by atoms with Crippen molar-refractivity contribution in [2.45, 2.75) is 50.9 Å². The van der Waals surface area contributed by atoms with Crippen molar-refractivity contribution in [3.05, 3.63) is 119 Å². The van der Waals surface area contributed by atoms with Gasteiger partial charge in [0.25, 0.3) is 0 Å². The molecule has 0 spiro atoms. The lowest BCUT2D eigenvalue weighted by Crippen LogP contribution is -2.18. The highest BCUT2D eigenvalue weighted by Crippen LogP contribution is 2.48. The lowest BCUT2D eigenvalue weighted by molar-refractivity contribution is -0.123. The lowest BCUT2D eigenvalue weighted by Gasteiger charge is -2.19. The molecular formula is C32H32O. The maximum atomic E-state index is 13.6. The Bertz CT molecular complexity index is 1220. The second kappa shape index (κ2) is 9.75. The van der Waals surface area contributed by atoms with E-state index in [1.165, 1.54) is 33.0 Å². The minimum Gasteiger partial charge on any atom is -0.299 e. The predicted octanol–water partition coefficient (Wildman–Crippen LogP) is 7.88. The molecule has 1 saturated carbocycles. The van der Waals surface area contributed by atoms with Gasteiger partial charge >= 0.3 is 0 Å². The van der Waals surface area contributed by atoms with E-state index in [9.17, 15) is 4.79 Å². The van der Waals surface area contributed by atoms with E-state index >= 15 is 0 Å². The van der Waals surface area contributed by atoms with Gasteiger partial charge in [-0.2, -0.15) is 0 Å². The number of aryl methyl sites for hydroxylation is 2. The highest BCUT2D eigenvalue weighted by Gasteiger charge is 2.39. The number of carbonyl (C=O) groups is 1. The number of fused-ring (bicyclic) bond motifs is 1. The number of rotatable bonds is 7. The first-order chi connectivity index (χ1) is 16.2. The third-order valence-electron chi connectivity index (χ3n) is 7.58. The van der Waals surface area contributed by atoms with Crippen LogP contribution in [-0.2, 0) is 17.6 Å². The van der Waals surface area contributed by atoms with E-state index in [2.05, 4.69) is 104 Å². The summed E-state index contributed by atoms with van der Waals surface area (Å²) in [5.74, 6) is 1.28. The Balaban J connectivity index is 1.38. The summed E-state index contributed by atoms with van der Waals surface area (Å²) in [6, 6.07) is 34.7. The molecule has 1 aliphatic carbocycles. The van der Waals surface area contributed by atoms with Crippen LogP contribution in [-0.4, -0.2) is 5.78 Å². The second-order valence-electron chi connectivity index (χ2n) is 9.49. The summed E-state index contributed by atoms with van der Waals surface area (Å²) < 4.78 is 0. The Morgan fingerprint density at radius 3 is 2.27 bits per heavy atom. The molecule has 0 saturated heterocycles. The normalized spacial score (nSPS) is 20.2. The monoisotopic (exact) mass is 432 g/mol. The van der Waals surface area contributed by atoms with Gasteiger partial charge in [0.1, 0.15) is 5.78 Å². The largest absolute Gasteiger partial charge is 0.299 e. The molecule has 3 atom stereocenters. The minimum absolute atomic E-state index is 0.0951. The average molecular weight is 433 g/mol. The van der Waals surface area contributed by atoms with Gasteiger partial charge in [-0.05, 0) is 70.5 Å². The van der Waals surface area contributed by atoms with Gasteiger partial charge in [0.15, 0.2) is 0 Å². The van der Waals surface area contributed by atoms with Gasteiger partial charge in [0.05, 0.1) is 0 Å². The van der Waals surface area contributed by atoms with E-state index < -0.39 is 0 Å². The first-order valence-corrected chi connectivity index (χ1v) is 12.4. The van der Waals surface area contributed by atoms with Crippen molar-refractivity contribution in [1.82, 2.24) is 0 Å². The van der Waals surface area contributed by atoms with Crippen LogP contribution in [0.4, 0.5) is 0 Å². The number of hydrogen-bond donors (Lipinski definition) is 0. The highest BCUT2D eigenvalue weighted by atomic mass is 16.1. The quantitative estimate of drug-likeness (QED) is 0.290. The molecule has 3 unspecified atom stereocenters. The van der Waals surface area contributed by atoms with E-state index in [4.69, 9.17) is 0 Å². The van der Waals surface area contributed by atoms with Crippen molar-refractivity contribution >= 4 is 16.6 Å². The molecule has 1 aliphatic rings. The van der Waals surface area contributed by atoms with Gasteiger partial charge in [-0.25, -0.2) is 0 Å². The molecule has 33 heavy (non-hydrogen) atoms. The molecule has 0 amide bonds. The summed E-state index contributed by atoms with van der Waals surface area (Å²) in [5, 5.41) is 2.52. The summed E-state index contributed by atoms with van der Waals surface area (Å²) in [6.45, 7) is 2.19. The van der Waals surface area contributed by atoms with E-state index in [-0.39, 0.29) is 5.92 Å². The van der Waals surface area contributed by atoms with E-state index in [1.54, 1.807) is 0 Å².